The standard InChI is InChI=1S/C17H17BrO3/c1-10-8-15(11(2)12(3)16(10)18)21-9-13-6-4-5-7-14(13)17(19)20/h4-8H,9H2,1-3H3,(H,19,20). The summed E-state index contributed by atoms with van der Waals surface area (Å²) in [7, 11) is 0. The van der Waals surface area contributed by atoms with Crippen LogP contribution in [0.5, 0.6) is 5.75 Å². The van der Waals surface area contributed by atoms with Crippen molar-refractivity contribution in [3.05, 3.63) is 62.6 Å². The lowest BCUT2D eigenvalue weighted by Crippen LogP contribution is -2.06. The molecule has 0 fully saturated rings. The lowest BCUT2D eigenvalue weighted by atomic mass is 10.1. The summed E-state index contributed by atoms with van der Waals surface area (Å²) in [5.41, 5.74) is 4.24. The summed E-state index contributed by atoms with van der Waals surface area (Å²) in [4.78, 5) is 11.2. The molecule has 0 bridgehead atoms. The van der Waals surface area contributed by atoms with Gasteiger partial charge in [-0.05, 0) is 49.6 Å². The molecular formula is C17H17BrO3. The van der Waals surface area contributed by atoms with Gasteiger partial charge in [0.2, 0.25) is 0 Å². The van der Waals surface area contributed by atoms with Gasteiger partial charge in [-0.3, -0.25) is 0 Å². The van der Waals surface area contributed by atoms with Crippen LogP contribution < -0.4 is 4.74 Å². The molecule has 0 saturated heterocycles. The zero-order chi connectivity index (χ0) is 15.6. The van der Waals surface area contributed by atoms with E-state index in [1.165, 1.54) is 0 Å². The Morgan fingerprint density at radius 3 is 2.52 bits per heavy atom. The van der Waals surface area contributed by atoms with Crippen molar-refractivity contribution in [1.82, 2.24) is 0 Å². The quantitative estimate of drug-likeness (QED) is 0.874. The number of hydrogen-bond acceptors (Lipinski definition) is 2. The molecule has 0 unspecified atom stereocenters. The lowest BCUT2D eigenvalue weighted by molar-refractivity contribution is 0.0694. The highest BCUT2D eigenvalue weighted by Crippen LogP contribution is 2.31. The van der Waals surface area contributed by atoms with E-state index in [0.29, 0.717) is 5.56 Å². The largest absolute Gasteiger partial charge is 0.489 e. The second kappa shape index (κ2) is 6.31. The molecule has 0 heterocycles. The predicted octanol–water partition coefficient (Wildman–Crippen LogP) is 4.65. The van der Waals surface area contributed by atoms with Gasteiger partial charge in [0.1, 0.15) is 12.4 Å². The fourth-order valence-electron chi connectivity index (χ4n) is 2.17. The number of halogens is 1. The number of aryl methyl sites for hydroxylation is 1. The molecule has 0 saturated carbocycles. The van der Waals surface area contributed by atoms with Crippen molar-refractivity contribution in [2.75, 3.05) is 0 Å². The van der Waals surface area contributed by atoms with E-state index in [-0.39, 0.29) is 12.2 Å². The molecule has 0 aliphatic carbocycles. The Balaban J connectivity index is 2.27. The third-order valence-electron chi connectivity index (χ3n) is 3.59. The predicted molar refractivity (Wildman–Crippen MR) is 86.1 cm³/mol. The Labute approximate surface area is 132 Å². The minimum atomic E-state index is -0.936. The van der Waals surface area contributed by atoms with Crippen molar-refractivity contribution in [2.24, 2.45) is 0 Å². The average molecular weight is 349 g/mol. The van der Waals surface area contributed by atoms with Crippen LogP contribution in [-0.2, 0) is 6.61 Å². The van der Waals surface area contributed by atoms with Gasteiger partial charge in [-0.2, -0.15) is 0 Å². The highest BCUT2D eigenvalue weighted by atomic mass is 79.9. The smallest absolute Gasteiger partial charge is 0.336 e. The molecule has 3 nitrogen and oxygen atoms in total. The topological polar surface area (TPSA) is 46.5 Å². The second-order valence-electron chi connectivity index (χ2n) is 5.01. The van der Waals surface area contributed by atoms with Crippen molar-refractivity contribution >= 4 is 21.9 Å². The van der Waals surface area contributed by atoms with Crippen LogP contribution in [0.2, 0.25) is 0 Å². The highest BCUT2D eigenvalue weighted by molar-refractivity contribution is 9.10. The first kappa shape index (κ1) is 15.6. The SMILES string of the molecule is Cc1cc(OCc2ccccc2C(=O)O)c(C)c(C)c1Br. The number of carboxylic acid groups (broad SMARTS) is 1. The van der Waals surface area contributed by atoms with Gasteiger partial charge in [-0.1, -0.05) is 34.1 Å². The van der Waals surface area contributed by atoms with Crippen molar-refractivity contribution < 1.29 is 14.6 Å². The van der Waals surface area contributed by atoms with Gasteiger partial charge in [0.05, 0.1) is 5.56 Å². The zero-order valence-corrected chi connectivity index (χ0v) is 13.8. The van der Waals surface area contributed by atoms with Crippen LogP contribution in [0.25, 0.3) is 0 Å². The molecule has 21 heavy (non-hydrogen) atoms. The number of ether oxygens (including phenoxy) is 1. The van der Waals surface area contributed by atoms with Gasteiger partial charge >= 0.3 is 5.97 Å². The van der Waals surface area contributed by atoms with Gasteiger partial charge in [-0.15, -0.1) is 0 Å². The van der Waals surface area contributed by atoms with E-state index in [0.717, 1.165) is 26.9 Å². The molecule has 110 valence electrons. The fraction of sp³-hybridized carbons (Fsp3) is 0.235. The van der Waals surface area contributed by atoms with Gasteiger partial charge in [0.15, 0.2) is 0 Å². The maximum atomic E-state index is 11.2. The Hall–Kier alpha value is -1.81. The Kier molecular flexibility index (Phi) is 4.68. The van der Waals surface area contributed by atoms with E-state index in [1.807, 2.05) is 32.9 Å². The van der Waals surface area contributed by atoms with Crippen LogP contribution >= 0.6 is 15.9 Å². The van der Waals surface area contributed by atoms with E-state index in [9.17, 15) is 9.90 Å². The average Bonchev–Trinajstić information content (AvgIpc) is 2.47. The first-order valence-corrected chi connectivity index (χ1v) is 7.41. The second-order valence-corrected chi connectivity index (χ2v) is 5.80. The van der Waals surface area contributed by atoms with E-state index >= 15 is 0 Å². The van der Waals surface area contributed by atoms with Crippen LogP contribution in [0.1, 0.15) is 32.6 Å². The van der Waals surface area contributed by atoms with Gasteiger partial charge in [-0.25, -0.2) is 4.79 Å². The molecule has 2 aromatic rings. The summed E-state index contributed by atoms with van der Waals surface area (Å²) < 4.78 is 6.93. The molecule has 0 atom stereocenters. The molecule has 0 spiro atoms. The van der Waals surface area contributed by atoms with E-state index < -0.39 is 5.97 Å². The van der Waals surface area contributed by atoms with Crippen molar-refractivity contribution in [3.8, 4) is 5.75 Å². The number of carboxylic acids is 1. The van der Waals surface area contributed by atoms with E-state index in [1.54, 1.807) is 18.2 Å². The zero-order valence-electron chi connectivity index (χ0n) is 12.2. The van der Waals surface area contributed by atoms with E-state index in [4.69, 9.17) is 4.74 Å². The number of hydrogen-bond donors (Lipinski definition) is 1. The van der Waals surface area contributed by atoms with Gasteiger partial charge in [0.25, 0.3) is 0 Å². The van der Waals surface area contributed by atoms with Crippen molar-refractivity contribution in [3.63, 3.8) is 0 Å². The summed E-state index contributed by atoms with van der Waals surface area (Å²) in [6.07, 6.45) is 0. The molecule has 2 aromatic carbocycles. The normalized spacial score (nSPS) is 10.5. The lowest BCUT2D eigenvalue weighted by Gasteiger charge is -2.15. The maximum Gasteiger partial charge on any atom is 0.336 e. The molecule has 0 aliphatic rings. The highest BCUT2D eigenvalue weighted by Gasteiger charge is 2.12. The van der Waals surface area contributed by atoms with Crippen LogP contribution in [0, 0.1) is 20.8 Å². The molecule has 4 heteroatoms. The Morgan fingerprint density at radius 2 is 1.86 bits per heavy atom. The number of carbonyl (C=O) groups is 1. The van der Waals surface area contributed by atoms with Gasteiger partial charge in [0, 0.05) is 10.0 Å². The minimum Gasteiger partial charge on any atom is -0.489 e. The monoisotopic (exact) mass is 348 g/mol. The first-order chi connectivity index (χ1) is 9.91. The molecule has 0 radical (unpaired) electrons. The molecule has 0 amide bonds. The number of rotatable bonds is 4. The Bertz CT molecular complexity index is 693. The Morgan fingerprint density at radius 1 is 1.19 bits per heavy atom. The molecule has 0 aliphatic heterocycles. The van der Waals surface area contributed by atoms with Crippen LogP contribution in [0.15, 0.2) is 34.8 Å². The fourth-order valence-corrected chi connectivity index (χ4v) is 2.59. The number of benzene rings is 2. The van der Waals surface area contributed by atoms with E-state index in [2.05, 4.69) is 15.9 Å². The summed E-state index contributed by atoms with van der Waals surface area (Å²) in [6, 6.07) is 8.86. The van der Waals surface area contributed by atoms with Crippen molar-refractivity contribution in [1.29, 1.82) is 0 Å². The molecule has 1 N–H and O–H groups in total. The summed E-state index contributed by atoms with van der Waals surface area (Å²) >= 11 is 3.56. The molecule has 2 rings (SSSR count). The maximum absolute atomic E-state index is 11.2. The van der Waals surface area contributed by atoms with Crippen LogP contribution in [0.4, 0.5) is 0 Å². The summed E-state index contributed by atoms with van der Waals surface area (Å²) in [5.74, 6) is -0.150. The van der Waals surface area contributed by atoms with Gasteiger partial charge < -0.3 is 9.84 Å². The minimum absolute atomic E-state index is 0.240. The molecular weight excluding hydrogens is 332 g/mol. The first-order valence-electron chi connectivity index (χ1n) is 6.62. The molecule has 0 aromatic heterocycles. The summed E-state index contributed by atoms with van der Waals surface area (Å²) in [6.45, 7) is 6.28. The van der Waals surface area contributed by atoms with Crippen molar-refractivity contribution in [2.45, 2.75) is 27.4 Å². The number of aromatic carboxylic acids is 1. The third-order valence-corrected chi connectivity index (χ3v) is 4.81. The van der Waals surface area contributed by atoms with Crippen LogP contribution in [-0.4, -0.2) is 11.1 Å². The summed E-state index contributed by atoms with van der Waals surface area (Å²) in [5, 5.41) is 9.18. The van der Waals surface area contributed by atoms with Crippen LogP contribution in [0.3, 0.4) is 0 Å². The third kappa shape index (κ3) is 3.27.